The van der Waals surface area contributed by atoms with Gasteiger partial charge in [0.1, 0.15) is 13.2 Å². The Morgan fingerprint density at radius 1 is 0.257 bits per heavy atom. The topological polar surface area (TPSA) is 78.9 Å². The van der Waals surface area contributed by atoms with Crippen molar-refractivity contribution in [3.8, 4) is 0 Å². The summed E-state index contributed by atoms with van der Waals surface area (Å²) in [5.41, 5.74) is 0. The van der Waals surface area contributed by atoms with Crippen LogP contribution in [-0.4, -0.2) is 37.2 Å². The molecular weight excluding hydrogens is 913 g/mol. The summed E-state index contributed by atoms with van der Waals surface area (Å²) in [5.74, 6) is -0.833. The van der Waals surface area contributed by atoms with Crippen molar-refractivity contribution in [2.24, 2.45) is 0 Å². The predicted molar refractivity (Wildman–Crippen MR) is 321 cm³/mol. The van der Waals surface area contributed by atoms with Gasteiger partial charge in [-0.25, -0.2) is 0 Å². The van der Waals surface area contributed by atoms with Gasteiger partial charge in [0.15, 0.2) is 6.10 Å². The number of unbranched alkanes of at least 4 members (excludes halogenated alkanes) is 50. The van der Waals surface area contributed by atoms with Crippen molar-refractivity contribution in [2.45, 2.75) is 393 Å². The highest BCUT2D eigenvalue weighted by molar-refractivity contribution is 5.71. The van der Waals surface area contributed by atoms with Crippen LogP contribution in [0.1, 0.15) is 387 Å². The number of hydrogen-bond donors (Lipinski definition) is 0. The minimum absolute atomic E-state index is 0.0640. The number of esters is 3. The molecule has 6 heteroatoms. The monoisotopic (exact) mass is 1040 g/mol. The summed E-state index contributed by atoms with van der Waals surface area (Å²) in [7, 11) is 0. The third kappa shape index (κ3) is 61.0. The van der Waals surface area contributed by atoms with E-state index in [1.165, 1.54) is 289 Å². The lowest BCUT2D eigenvalue weighted by Crippen LogP contribution is -2.30. The van der Waals surface area contributed by atoms with Crippen LogP contribution in [0.15, 0.2) is 12.2 Å². The van der Waals surface area contributed by atoms with E-state index >= 15 is 0 Å². The van der Waals surface area contributed by atoms with Crippen molar-refractivity contribution in [3.05, 3.63) is 12.2 Å². The van der Waals surface area contributed by atoms with E-state index in [2.05, 4.69) is 32.9 Å². The molecule has 0 amide bonds. The first-order chi connectivity index (χ1) is 36.5. The molecule has 0 aromatic heterocycles. The van der Waals surface area contributed by atoms with E-state index in [1.807, 2.05) is 0 Å². The molecule has 0 saturated carbocycles. The molecule has 0 heterocycles. The van der Waals surface area contributed by atoms with Gasteiger partial charge in [-0.2, -0.15) is 0 Å². The molecule has 438 valence electrons. The number of carbonyl (C=O) groups excluding carboxylic acids is 3. The summed E-state index contributed by atoms with van der Waals surface area (Å²) >= 11 is 0. The molecular formula is C68H130O6. The fourth-order valence-electron chi connectivity index (χ4n) is 10.4. The van der Waals surface area contributed by atoms with Crippen molar-refractivity contribution < 1.29 is 28.6 Å². The van der Waals surface area contributed by atoms with Gasteiger partial charge in [0.2, 0.25) is 0 Å². The van der Waals surface area contributed by atoms with E-state index < -0.39 is 6.10 Å². The van der Waals surface area contributed by atoms with Crippen molar-refractivity contribution >= 4 is 17.9 Å². The highest BCUT2D eigenvalue weighted by Crippen LogP contribution is 2.18. The lowest BCUT2D eigenvalue weighted by molar-refractivity contribution is -0.167. The fraction of sp³-hybridized carbons (Fsp3) is 0.926. The van der Waals surface area contributed by atoms with Crippen LogP contribution in [0.25, 0.3) is 0 Å². The molecule has 0 radical (unpaired) electrons. The first kappa shape index (κ1) is 72.2. The van der Waals surface area contributed by atoms with Gasteiger partial charge < -0.3 is 14.2 Å². The largest absolute Gasteiger partial charge is 0.462 e. The minimum atomic E-state index is -0.767. The van der Waals surface area contributed by atoms with Gasteiger partial charge in [-0.15, -0.1) is 0 Å². The Morgan fingerprint density at radius 2 is 0.446 bits per heavy atom. The van der Waals surface area contributed by atoms with Gasteiger partial charge in [0.25, 0.3) is 0 Å². The molecule has 0 fully saturated rings. The Morgan fingerprint density at radius 3 is 0.676 bits per heavy atom. The predicted octanol–water partition coefficient (Wildman–Crippen LogP) is 22.8. The maximum absolute atomic E-state index is 12.9. The average molecular weight is 1040 g/mol. The molecule has 0 N–H and O–H groups in total. The summed E-state index contributed by atoms with van der Waals surface area (Å²) < 4.78 is 17.0. The van der Waals surface area contributed by atoms with Crippen molar-refractivity contribution in [1.29, 1.82) is 0 Å². The quantitative estimate of drug-likeness (QED) is 0.0261. The SMILES string of the molecule is CCCCCCCCCC/C=C\CCCCCCCCCCCC(=O)OC(COC(=O)CCCCCCCCCCCCCCC)COC(=O)CCCCCCCCCCCCCCCCCCCCCCCC. The number of allylic oxidation sites excluding steroid dienone is 2. The molecule has 0 aromatic rings. The number of carbonyl (C=O) groups is 3. The van der Waals surface area contributed by atoms with Crippen molar-refractivity contribution in [3.63, 3.8) is 0 Å². The normalized spacial score (nSPS) is 12.0. The molecule has 74 heavy (non-hydrogen) atoms. The van der Waals surface area contributed by atoms with E-state index in [9.17, 15) is 14.4 Å². The maximum Gasteiger partial charge on any atom is 0.306 e. The molecule has 0 aliphatic heterocycles. The molecule has 0 saturated heterocycles. The molecule has 6 nitrogen and oxygen atoms in total. The van der Waals surface area contributed by atoms with Gasteiger partial charge in [-0.1, -0.05) is 335 Å². The molecule has 0 aliphatic carbocycles. The van der Waals surface area contributed by atoms with Crippen LogP contribution >= 0.6 is 0 Å². The summed E-state index contributed by atoms with van der Waals surface area (Å²) in [4.78, 5) is 38.3. The Hall–Kier alpha value is -1.85. The molecule has 0 rings (SSSR count). The van der Waals surface area contributed by atoms with Crippen LogP contribution in [-0.2, 0) is 28.6 Å². The van der Waals surface area contributed by atoms with Crippen LogP contribution in [0.4, 0.5) is 0 Å². The van der Waals surface area contributed by atoms with E-state index in [-0.39, 0.29) is 31.1 Å². The minimum Gasteiger partial charge on any atom is -0.462 e. The van der Waals surface area contributed by atoms with Gasteiger partial charge in [0, 0.05) is 19.3 Å². The second-order valence-electron chi connectivity index (χ2n) is 23.1. The second kappa shape index (κ2) is 63.7. The number of ether oxygens (including phenoxy) is 3. The molecule has 0 spiro atoms. The number of hydrogen-bond acceptors (Lipinski definition) is 6. The Bertz CT molecular complexity index is 1150. The van der Waals surface area contributed by atoms with Crippen LogP contribution < -0.4 is 0 Å². The third-order valence-corrected chi connectivity index (χ3v) is 15.5. The smallest absolute Gasteiger partial charge is 0.306 e. The zero-order valence-electron chi connectivity index (χ0n) is 50.4. The summed E-state index contributed by atoms with van der Waals surface area (Å²) in [5, 5.41) is 0. The first-order valence-electron chi connectivity index (χ1n) is 33.7. The van der Waals surface area contributed by atoms with Gasteiger partial charge in [-0.05, 0) is 44.9 Å². The van der Waals surface area contributed by atoms with Crippen LogP contribution in [0, 0.1) is 0 Å². The van der Waals surface area contributed by atoms with Crippen LogP contribution in [0.3, 0.4) is 0 Å². The van der Waals surface area contributed by atoms with E-state index in [0.29, 0.717) is 19.3 Å². The van der Waals surface area contributed by atoms with Crippen molar-refractivity contribution in [1.82, 2.24) is 0 Å². The summed E-state index contributed by atoms with van der Waals surface area (Å²) in [6.45, 7) is 6.72. The molecule has 1 unspecified atom stereocenters. The van der Waals surface area contributed by atoms with E-state index in [4.69, 9.17) is 14.2 Å². The third-order valence-electron chi connectivity index (χ3n) is 15.5. The first-order valence-corrected chi connectivity index (χ1v) is 33.7. The highest BCUT2D eigenvalue weighted by Gasteiger charge is 2.19. The highest BCUT2D eigenvalue weighted by atomic mass is 16.6. The Labute approximate surface area is 462 Å². The van der Waals surface area contributed by atoms with Crippen LogP contribution in [0.5, 0.6) is 0 Å². The zero-order chi connectivity index (χ0) is 53.6. The molecule has 0 bridgehead atoms. The maximum atomic E-state index is 12.9. The standard InChI is InChI=1S/C68H130O6/c1-4-7-10-13-16-19-22-25-27-29-31-33-35-36-38-40-43-46-49-52-55-58-61-67(70)73-64-65(63-72-66(69)60-57-54-51-48-45-42-24-21-18-15-12-9-6-3)74-68(71)62-59-56-53-50-47-44-41-39-37-34-32-30-28-26-23-20-17-14-11-8-5-2/h30,32,65H,4-29,31,33-64H2,1-3H3/b32-30-. The lowest BCUT2D eigenvalue weighted by atomic mass is 10.0. The van der Waals surface area contributed by atoms with Crippen LogP contribution in [0.2, 0.25) is 0 Å². The van der Waals surface area contributed by atoms with Gasteiger partial charge in [0.05, 0.1) is 0 Å². The van der Waals surface area contributed by atoms with E-state index in [0.717, 1.165) is 57.8 Å². The number of rotatable bonds is 63. The molecule has 0 aromatic carbocycles. The molecule has 1 atom stereocenters. The Kier molecular flexibility index (Phi) is 62.1. The van der Waals surface area contributed by atoms with Crippen molar-refractivity contribution in [2.75, 3.05) is 13.2 Å². The second-order valence-corrected chi connectivity index (χ2v) is 23.1. The zero-order valence-corrected chi connectivity index (χ0v) is 50.4. The molecule has 0 aliphatic rings. The van der Waals surface area contributed by atoms with Gasteiger partial charge in [-0.3, -0.25) is 14.4 Å². The Balaban J connectivity index is 4.24. The summed E-state index contributed by atoms with van der Waals surface area (Å²) in [6.07, 6.45) is 75.1. The average Bonchev–Trinajstić information content (AvgIpc) is 3.40. The van der Waals surface area contributed by atoms with Gasteiger partial charge >= 0.3 is 17.9 Å². The lowest BCUT2D eigenvalue weighted by Gasteiger charge is -2.18. The summed E-state index contributed by atoms with van der Waals surface area (Å²) in [6, 6.07) is 0. The fourth-order valence-corrected chi connectivity index (χ4v) is 10.4. The van der Waals surface area contributed by atoms with E-state index in [1.54, 1.807) is 0 Å².